The quantitative estimate of drug-likeness (QED) is 0.340. The van der Waals surface area contributed by atoms with Crippen molar-refractivity contribution in [2.24, 2.45) is 0 Å². The number of unbranched alkanes of at least 4 members (excludes halogenated alkanes) is 5. The van der Waals surface area contributed by atoms with Crippen LogP contribution in [-0.2, 0) is 4.79 Å². The molecule has 0 bridgehead atoms. The lowest BCUT2D eigenvalue weighted by Gasteiger charge is -2.03. The number of nitrogens with one attached hydrogen (secondary N) is 1. The molecular weight excluding hydrogens is 286 g/mol. The summed E-state index contributed by atoms with van der Waals surface area (Å²) in [7, 11) is 0. The van der Waals surface area contributed by atoms with Crippen LogP contribution in [0.4, 0.5) is 0 Å². The second-order valence-electron chi connectivity index (χ2n) is 5.67. The summed E-state index contributed by atoms with van der Waals surface area (Å²) >= 11 is 0. The van der Waals surface area contributed by atoms with Crippen molar-refractivity contribution in [1.29, 1.82) is 0 Å². The van der Waals surface area contributed by atoms with E-state index in [4.69, 9.17) is 5.11 Å². The van der Waals surface area contributed by atoms with Crippen LogP contribution < -0.4 is 5.32 Å². The number of hydrogen-bond donors (Lipinski definition) is 2. The average Bonchev–Trinajstić information content (AvgIpc) is 2.56. The third kappa shape index (κ3) is 18.6. The van der Waals surface area contributed by atoms with Crippen LogP contribution in [0.25, 0.3) is 0 Å². The number of amides is 1. The molecule has 0 aliphatic carbocycles. The van der Waals surface area contributed by atoms with Crippen molar-refractivity contribution in [2.75, 3.05) is 13.2 Å². The summed E-state index contributed by atoms with van der Waals surface area (Å²) in [5.74, 6) is 0.0558. The van der Waals surface area contributed by atoms with Gasteiger partial charge >= 0.3 is 0 Å². The van der Waals surface area contributed by atoms with Gasteiger partial charge in [0.1, 0.15) is 0 Å². The van der Waals surface area contributed by atoms with Crippen LogP contribution in [0.15, 0.2) is 36.5 Å². The molecule has 0 aliphatic rings. The fourth-order valence-corrected chi connectivity index (χ4v) is 2.19. The van der Waals surface area contributed by atoms with Crippen molar-refractivity contribution in [3.8, 4) is 0 Å². The zero-order valence-electron chi connectivity index (χ0n) is 14.8. The Morgan fingerprint density at radius 2 is 1.48 bits per heavy atom. The van der Waals surface area contributed by atoms with Gasteiger partial charge < -0.3 is 10.4 Å². The summed E-state index contributed by atoms with van der Waals surface area (Å²) in [6, 6.07) is 0. The molecule has 2 N–H and O–H groups in total. The molecule has 0 saturated heterocycles. The van der Waals surface area contributed by atoms with E-state index in [2.05, 4.69) is 48.7 Å². The van der Waals surface area contributed by atoms with Gasteiger partial charge in [-0.15, -0.1) is 0 Å². The molecule has 132 valence electrons. The Labute approximate surface area is 142 Å². The Hall–Kier alpha value is -1.35. The molecule has 3 nitrogen and oxygen atoms in total. The predicted octanol–water partition coefficient (Wildman–Crippen LogP) is 4.68. The van der Waals surface area contributed by atoms with Crippen LogP contribution in [0, 0.1) is 0 Å². The van der Waals surface area contributed by atoms with Crippen LogP contribution in [0.5, 0.6) is 0 Å². The molecule has 23 heavy (non-hydrogen) atoms. The van der Waals surface area contributed by atoms with Gasteiger partial charge in [-0.2, -0.15) is 0 Å². The Kier molecular flexibility index (Phi) is 17.6. The molecule has 0 heterocycles. The summed E-state index contributed by atoms with van der Waals surface area (Å²) in [4.78, 5) is 11.3. The van der Waals surface area contributed by atoms with E-state index in [-0.39, 0.29) is 12.5 Å². The van der Waals surface area contributed by atoms with Crippen molar-refractivity contribution in [3.05, 3.63) is 36.5 Å². The van der Waals surface area contributed by atoms with E-state index in [0.29, 0.717) is 13.0 Å². The maximum Gasteiger partial charge on any atom is 0.220 e. The van der Waals surface area contributed by atoms with Crippen molar-refractivity contribution >= 4 is 5.91 Å². The molecule has 0 saturated carbocycles. The van der Waals surface area contributed by atoms with Gasteiger partial charge in [-0.1, -0.05) is 62.6 Å². The number of aliphatic hydroxyl groups is 1. The van der Waals surface area contributed by atoms with E-state index < -0.39 is 0 Å². The fourth-order valence-electron chi connectivity index (χ4n) is 2.19. The smallest absolute Gasteiger partial charge is 0.220 e. The first-order chi connectivity index (χ1) is 11.3. The molecule has 0 aromatic rings. The SMILES string of the molecule is CC/C=C\C/C=C\C/C=C\CCCCCCCC(=O)NCCO. The molecule has 0 unspecified atom stereocenters. The van der Waals surface area contributed by atoms with E-state index in [1.807, 2.05) is 0 Å². The number of rotatable bonds is 15. The monoisotopic (exact) mass is 321 g/mol. The summed E-state index contributed by atoms with van der Waals surface area (Å²) in [5, 5.41) is 11.3. The van der Waals surface area contributed by atoms with Crippen LogP contribution in [0.2, 0.25) is 0 Å². The molecule has 3 heteroatoms. The highest BCUT2D eigenvalue weighted by atomic mass is 16.3. The van der Waals surface area contributed by atoms with Gasteiger partial charge in [-0.25, -0.2) is 0 Å². The van der Waals surface area contributed by atoms with E-state index in [1.54, 1.807) is 0 Å². The third-order valence-electron chi connectivity index (χ3n) is 3.49. The second-order valence-corrected chi connectivity index (χ2v) is 5.67. The zero-order valence-corrected chi connectivity index (χ0v) is 14.8. The van der Waals surface area contributed by atoms with E-state index in [9.17, 15) is 4.79 Å². The molecule has 0 rings (SSSR count). The lowest BCUT2D eigenvalue weighted by molar-refractivity contribution is -0.121. The van der Waals surface area contributed by atoms with Crippen molar-refractivity contribution < 1.29 is 9.90 Å². The molecule has 0 radical (unpaired) electrons. The van der Waals surface area contributed by atoms with Crippen molar-refractivity contribution in [1.82, 2.24) is 5.32 Å². The van der Waals surface area contributed by atoms with Crippen LogP contribution in [0.1, 0.15) is 71.1 Å². The number of carbonyl (C=O) groups excluding carboxylic acids is 1. The Balaban J connectivity index is 3.28. The van der Waals surface area contributed by atoms with Crippen LogP contribution in [-0.4, -0.2) is 24.2 Å². The summed E-state index contributed by atoms with van der Waals surface area (Å²) in [5.41, 5.74) is 0. The van der Waals surface area contributed by atoms with Crippen molar-refractivity contribution in [3.63, 3.8) is 0 Å². The molecule has 0 aromatic heterocycles. The molecule has 0 aliphatic heterocycles. The van der Waals surface area contributed by atoms with Crippen LogP contribution >= 0.6 is 0 Å². The third-order valence-corrected chi connectivity index (χ3v) is 3.49. The standard InChI is InChI=1S/C20H35NO2/c1-2-3-4-5-6-7-8-9-10-11-12-13-14-15-16-17-20(23)21-18-19-22/h3-4,6-7,9-10,22H,2,5,8,11-19H2,1H3,(H,21,23)/b4-3-,7-6-,10-9-. The largest absolute Gasteiger partial charge is 0.395 e. The van der Waals surface area contributed by atoms with Gasteiger partial charge in [0.05, 0.1) is 6.61 Å². The molecule has 0 fully saturated rings. The minimum absolute atomic E-state index is 0.0188. The first kappa shape index (κ1) is 21.6. The number of aliphatic hydroxyl groups excluding tert-OH is 1. The Morgan fingerprint density at radius 3 is 2.17 bits per heavy atom. The minimum Gasteiger partial charge on any atom is -0.395 e. The van der Waals surface area contributed by atoms with E-state index in [1.165, 1.54) is 19.3 Å². The van der Waals surface area contributed by atoms with Gasteiger partial charge in [0.25, 0.3) is 0 Å². The topological polar surface area (TPSA) is 49.3 Å². The van der Waals surface area contributed by atoms with Crippen molar-refractivity contribution in [2.45, 2.75) is 71.1 Å². The highest BCUT2D eigenvalue weighted by Gasteiger charge is 1.99. The molecular formula is C20H35NO2. The second kappa shape index (κ2) is 18.7. The lowest BCUT2D eigenvalue weighted by Crippen LogP contribution is -2.25. The number of carbonyl (C=O) groups is 1. The fraction of sp³-hybridized carbons (Fsp3) is 0.650. The predicted molar refractivity (Wildman–Crippen MR) is 99.4 cm³/mol. The highest BCUT2D eigenvalue weighted by Crippen LogP contribution is 2.07. The van der Waals surface area contributed by atoms with Gasteiger partial charge in [0.15, 0.2) is 0 Å². The molecule has 0 atom stereocenters. The molecule has 0 aromatic carbocycles. The molecule has 0 spiro atoms. The minimum atomic E-state index is 0.0188. The number of hydrogen-bond acceptors (Lipinski definition) is 2. The van der Waals surface area contributed by atoms with Gasteiger partial charge in [0.2, 0.25) is 5.91 Å². The maximum atomic E-state index is 11.3. The zero-order chi connectivity index (χ0) is 17.0. The summed E-state index contributed by atoms with van der Waals surface area (Å²) in [6.45, 7) is 2.54. The van der Waals surface area contributed by atoms with Gasteiger partial charge in [0, 0.05) is 13.0 Å². The highest BCUT2D eigenvalue weighted by molar-refractivity contribution is 5.75. The number of allylic oxidation sites excluding steroid dienone is 6. The van der Waals surface area contributed by atoms with Gasteiger partial charge in [-0.05, 0) is 38.5 Å². The first-order valence-corrected chi connectivity index (χ1v) is 9.13. The van der Waals surface area contributed by atoms with E-state index in [0.717, 1.165) is 38.5 Å². The van der Waals surface area contributed by atoms with Gasteiger partial charge in [-0.3, -0.25) is 4.79 Å². The first-order valence-electron chi connectivity index (χ1n) is 9.13. The maximum absolute atomic E-state index is 11.3. The normalized spacial score (nSPS) is 11.9. The average molecular weight is 322 g/mol. The summed E-state index contributed by atoms with van der Waals surface area (Å²) in [6.07, 6.45) is 24.0. The Morgan fingerprint density at radius 1 is 0.870 bits per heavy atom. The van der Waals surface area contributed by atoms with Crippen LogP contribution in [0.3, 0.4) is 0 Å². The summed E-state index contributed by atoms with van der Waals surface area (Å²) < 4.78 is 0. The Bertz CT molecular complexity index is 346. The lowest BCUT2D eigenvalue weighted by atomic mass is 10.1. The molecule has 1 amide bonds. The van der Waals surface area contributed by atoms with E-state index >= 15 is 0 Å².